The number of nitrogens with zero attached hydrogens (tertiary/aromatic N) is 2. The maximum absolute atomic E-state index is 5.86. The first-order valence-electron chi connectivity index (χ1n) is 6.74. The molecule has 0 fully saturated rings. The SMILES string of the molecule is CCC(C)Nc1cc(NCc2ccc(Cl)cc2)ncn1. The minimum atomic E-state index is 0.397. The maximum Gasteiger partial charge on any atom is 0.131 e. The fourth-order valence-electron chi connectivity index (χ4n) is 1.68. The molecule has 0 saturated carbocycles. The van der Waals surface area contributed by atoms with Crippen molar-refractivity contribution in [2.75, 3.05) is 10.6 Å². The summed E-state index contributed by atoms with van der Waals surface area (Å²) in [5.74, 6) is 1.65. The lowest BCUT2D eigenvalue weighted by molar-refractivity contribution is 0.758. The van der Waals surface area contributed by atoms with E-state index in [1.54, 1.807) is 6.33 Å². The summed E-state index contributed by atoms with van der Waals surface area (Å²) in [6, 6.07) is 10.1. The van der Waals surface area contributed by atoms with Gasteiger partial charge in [0.2, 0.25) is 0 Å². The Labute approximate surface area is 124 Å². The van der Waals surface area contributed by atoms with Gasteiger partial charge in [-0.05, 0) is 31.0 Å². The molecule has 4 nitrogen and oxygen atoms in total. The predicted molar refractivity (Wildman–Crippen MR) is 84.2 cm³/mol. The lowest BCUT2D eigenvalue weighted by Gasteiger charge is -2.13. The second-order valence-electron chi connectivity index (χ2n) is 4.72. The fraction of sp³-hybridized carbons (Fsp3) is 0.333. The van der Waals surface area contributed by atoms with Crippen LogP contribution in [0.4, 0.5) is 11.6 Å². The van der Waals surface area contributed by atoms with Gasteiger partial charge in [-0.1, -0.05) is 30.7 Å². The minimum Gasteiger partial charge on any atom is -0.367 e. The molecule has 0 spiro atoms. The fourth-order valence-corrected chi connectivity index (χ4v) is 1.81. The van der Waals surface area contributed by atoms with Crippen LogP contribution in [0.25, 0.3) is 0 Å². The standard InChI is InChI=1S/C15H19ClN4/c1-3-11(2)20-15-8-14(18-10-19-15)17-9-12-4-6-13(16)7-5-12/h4-8,10-11H,3,9H2,1-2H3,(H2,17,18,19,20). The Morgan fingerprint density at radius 1 is 1.15 bits per heavy atom. The number of nitrogens with one attached hydrogen (secondary N) is 2. The summed E-state index contributed by atoms with van der Waals surface area (Å²) in [5.41, 5.74) is 1.16. The summed E-state index contributed by atoms with van der Waals surface area (Å²) < 4.78 is 0. The molecular formula is C15H19ClN4. The molecule has 2 aromatic rings. The molecule has 2 N–H and O–H groups in total. The van der Waals surface area contributed by atoms with Crippen molar-refractivity contribution in [3.8, 4) is 0 Å². The van der Waals surface area contributed by atoms with Crippen molar-refractivity contribution in [1.82, 2.24) is 9.97 Å². The topological polar surface area (TPSA) is 49.8 Å². The van der Waals surface area contributed by atoms with E-state index in [0.29, 0.717) is 12.6 Å². The van der Waals surface area contributed by atoms with Gasteiger partial charge in [-0.3, -0.25) is 0 Å². The average Bonchev–Trinajstić information content (AvgIpc) is 2.47. The molecule has 20 heavy (non-hydrogen) atoms. The van der Waals surface area contributed by atoms with E-state index in [0.717, 1.165) is 28.6 Å². The Bertz CT molecular complexity index is 542. The number of aromatic nitrogens is 2. The van der Waals surface area contributed by atoms with Crippen LogP contribution < -0.4 is 10.6 Å². The Kier molecular flexibility index (Phi) is 5.18. The molecule has 1 aromatic heterocycles. The molecule has 2 rings (SSSR count). The molecule has 0 aliphatic rings. The van der Waals surface area contributed by atoms with Crippen LogP contribution in [-0.2, 0) is 6.54 Å². The summed E-state index contributed by atoms with van der Waals surface area (Å²) in [6.45, 7) is 4.97. The van der Waals surface area contributed by atoms with Crippen LogP contribution in [0, 0.1) is 0 Å². The third-order valence-corrected chi connectivity index (χ3v) is 3.31. The van der Waals surface area contributed by atoms with Gasteiger partial charge in [0.05, 0.1) is 0 Å². The largest absolute Gasteiger partial charge is 0.367 e. The van der Waals surface area contributed by atoms with Crippen LogP contribution in [0.15, 0.2) is 36.7 Å². The van der Waals surface area contributed by atoms with Crippen LogP contribution in [0.3, 0.4) is 0 Å². The predicted octanol–water partition coefficient (Wildman–Crippen LogP) is 3.95. The lowest BCUT2D eigenvalue weighted by atomic mass is 10.2. The number of halogens is 1. The van der Waals surface area contributed by atoms with Crippen LogP contribution in [0.1, 0.15) is 25.8 Å². The molecule has 0 bridgehead atoms. The van der Waals surface area contributed by atoms with E-state index in [-0.39, 0.29) is 0 Å². The quantitative estimate of drug-likeness (QED) is 0.846. The van der Waals surface area contributed by atoms with Gasteiger partial charge in [0.1, 0.15) is 18.0 Å². The van der Waals surface area contributed by atoms with Crippen molar-refractivity contribution in [1.29, 1.82) is 0 Å². The van der Waals surface area contributed by atoms with Crippen molar-refractivity contribution in [2.45, 2.75) is 32.9 Å². The minimum absolute atomic E-state index is 0.397. The molecule has 5 heteroatoms. The molecule has 0 aliphatic heterocycles. The second-order valence-corrected chi connectivity index (χ2v) is 5.16. The van der Waals surface area contributed by atoms with Gasteiger partial charge in [0.25, 0.3) is 0 Å². The number of anilines is 2. The van der Waals surface area contributed by atoms with Gasteiger partial charge < -0.3 is 10.6 Å². The normalized spacial score (nSPS) is 11.9. The third-order valence-electron chi connectivity index (χ3n) is 3.06. The molecule has 1 unspecified atom stereocenters. The van der Waals surface area contributed by atoms with Crippen LogP contribution >= 0.6 is 11.6 Å². The smallest absolute Gasteiger partial charge is 0.131 e. The molecule has 1 aromatic carbocycles. The van der Waals surface area contributed by atoms with Crippen LogP contribution in [-0.4, -0.2) is 16.0 Å². The number of hydrogen-bond acceptors (Lipinski definition) is 4. The van der Waals surface area contributed by atoms with E-state index >= 15 is 0 Å². The first-order valence-corrected chi connectivity index (χ1v) is 7.12. The van der Waals surface area contributed by atoms with Crippen molar-refractivity contribution in [2.24, 2.45) is 0 Å². The van der Waals surface area contributed by atoms with Crippen molar-refractivity contribution in [3.63, 3.8) is 0 Å². The molecule has 106 valence electrons. The summed E-state index contributed by atoms with van der Waals surface area (Å²) >= 11 is 5.86. The Balaban J connectivity index is 1.95. The molecule has 0 radical (unpaired) electrons. The average molecular weight is 291 g/mol. The molecule has 0 aliphatic carbocycles. The zero-order valence-electron chi connectivity index (χ0n) is 11.7. The van der Waals surface area contributed by atoms with Crippen molar-refractivity contribution < 1.29 is 0 Å². The second kappa shape index (κ2) is 7.10. The first-order chi connectivity index (χ1) is 9.67. The van der Waals surface area contributed by atoms with E-state index in [9.17, 15) is 0 Å². The number of rotatable bonds is 6. The van der Waals surface area contributed by atoms with E-state index < -0.39 is 0 Å². The highest BCUT2D eigenvalue weighted by molar-refractivity contribution is 6.30. The summed E-state index contributed by atoms with van der Waals surface area (Å²) in [7, 11) is 0. The number of hydrogen-bond donors (Lipinski definition) is 2. The lowest BCUT2D eigenvalue weighted by Crippen LogP contribution is -2.14. The molecule has 0 amide bonds. The van der Waals surface area contributed by atoms with Gasteiger partial charge in [-0.25, -0.2) is 9.97 Å². The summed E-state index contributed by atoms with van der Waals surface area (Å²) in [6.07, 6.45) is 2.62. The molecule has 1 heterocycles. The van der Waals surface area contributed by atoms with Gasteiger partial charge in [-0.2, -0.15) is 0 Å². The third kappa shape index (κ3) is 4.38. The summed E-state index contributed by atoms with van der Waals surface area (Å²) in [5, 5.41) is 7.35. The van der Waals surface area contributed by atoms with Gasteiger partial charge in [0, 0.05) is 23.7 Å². The summed E-state index contributed by atoms with van der Waals surface area (Å²) in [4.78, 5) is 8.43. The van der Waals surface area contributed by atoms with Crippen LogP contribution in [0.5, 0.6) is 0 Å². The Morgan fingerprint density at radius 2 is 1.85 bits per heavy atom. The molecule has 1 atom stereocenters. The zero-order valence-corrected chi connectivity index (χ0v) is 12.5. The first kappa shape index (κ1) is 14.6. The Hall–Kier alpha value is -1.81. The number of benzene rings is 1. The van der Waals surface area contributed by atoms with E-state index in [1.807, 2.05) is 30.3 Å². The highest BCUT2D eigenvalue weighted by Gasteiger charge is 2.02. The zero-order chi connectivity index (χ0) is 14.4. The van der Waals surface area contributed by atoms with Crippen LogP contribution in [0.2, 0.25) is 5.02 Å². The van der Waals surface area contributed by atoms with Gasteiger partial charge >= 0.3 is 0 Å². The van der Waals surface area contributed by atoms with Gasteiger partial charge in [-0.15, -0.1) is 0 Å². The highest BCUT2D eigenvalue weighted by atomic mass is 35.5. The monoisotopic (exact) mass is 290 g/mol. The van der Waals surface area contributed by atoms with Crippen molar-refractivity contribution in [3.05, 3.63) is 47.2 Å². The molecular weight excluding hydrogens is 272 g/mol. The van der Waals surface area contributed by atoms with E-state index in [2.05, 4.69) is 34.4 Å². The molecule has 0 saturated heterocycles. The van der Waals surface area contributed by atoms with E-state index in [4.69, 9.17) is 11.6 Å². The van der Waals surface area contributed by atoms with Crippen molar-refractivity contribution >= 4 is 23.2 Å². The maximum atomic E-state index is 5.86. The van der Waals surface area contributed by atoms with Gasteiger partial charge in [0.15, 0.2) is 0 Å². The van der Waals surface area contributed by atoms with E-state index in [1.165, 1.54) is 0 Å². The Morgan fingerprint density at radius 3 is 2.55 bits per heavy atom. The highest BCUT2D eigenvalue weighted by Crippen LogP contribution is 2.13.